The summed E-state index contributed by atoms with van der Waals surface area (Å²) in [5.74, 6) is -0.389. The maximum absolute atomic E-state index is 13.4. The van der Waals surface area contributed by atoms with Crippen molar-refractivity contribution in [3.05, 3.63) is 56.4 Å². The van der Waals surface area contributed by atoms with Crippen LogP contribution < -0.4 is 0 Å². The molecular weight excluding hydrogens is 291 g/mol. The average Bonchev–Trinajstić information content (AvgIpc) is 2.76. The molecule has 2 rings (SSSR count). The fourth-order valence-electron chi connectivity index (χ4n) is 1.38. The van der Waals surface area contributed by atoms with Crippen LogP contribution in [0, 0.1) is 5.82 Å². The zero-order valence-electron chi connectivity index (χ0n) is 8.24. The largest absolute Gasteiger partial charge is 0.293 e. The summed E-state index contributed by atoms with van der Waals surface area (Å²) in [7, 11) is 0. The molecule has 0 saturated carbocycles. The molecule has 0 spiro atoms. The van der Waals surface area contributed by atoms with E-state index in [0.29, 0.717) is 10.4 Å². The summed E-state index contributed by atoms with van der Waals surface area (Å²) in [5.41, 5.74) is 0.424. The molecule has 4 heteroatoms. The van der Waals surface area contributed by atoms with Crippen molar-refractivity contribution in [3.63, 3.8) is 0 Å². The first-order valence-electron chi connectivity index (χ1n) is 4.67. The van der Waals surface area contributed by atoms with Gasteiger partial charge in [-0.1, -0.05) is 22.0 Å². The predicted molar refractivity (Wildman–Crippen MR) is 66.5 cm³/mol. The van der Waals surface area contributed by atoms with Crippen LogP contribution in [0.3, 0.4) is 0 Å². The van der Waals surface area contributed by atoms with E-state index in [1.807, 2.05) is 11.4 Å². The van der Waals surface area contributed by atoms with Crippen LogP contribution in [0.5, 0.6) is 0 Å². The molecule has 16 heavy (non-hydrogen) atoms. The second-order valence-electron chi connectivity index (χ2n) is 3.31. The Morgan fingerprint density at radius 1 is 1.38 bits per heavy atom. The minimum Gasteiger partial charge on any atom is -0.293 e. The Bertz CT molecular complexity index is 508. The number of carbonyl (C=O) groups excluding carboxylic acids is 1. The van der Waals surface area contributed by atoms with Crippen molar-refractivity contribution in [3.8, 4) is 0 Å². The number of rotatable bonds is 3. The van der Waals surface area contributed by atoms with Crippen LogP contribution in [0.2, 0.25) is 0 Å². The first kappa shape index (κ1) is 11.5. The molecule has 0 fully saturated rings. The molecule has 0 saturated heterocycles. The van der Waals surface area contributed by atoms with Gasteiger partial charge >= 0.3 is 0 Å². The van der Waals surface area contributed by atoms with Crippen LogP contribution in [-0.2, 0) is 6.42 Å². The summed E-state index contributed by atoms with van der Waals surface area (Å²) in [6, 6.07) is 8.19. The lowest BCUT2D eigenvalue weighted by atomic mass is 10.1. The van der Waals surface area contributed by atoms with Gasteiger partial charge in [0.2, 0.25) is 0 Å². The van der Waals surface area contributed by atoms with Crippen LogP contribution in [0.1, 0.15) is 15.2 Å². The van der Waals surface area contributed by atoms with Crippen molar-refractivity contribution in [2.45, 2.75) is 6.42 Å². The second kappa shape index (κ2) is 4.89. The molecule has 1 aromatic carbocycles. The van der Waals surface area contributed by atoms with E-state index in [9.17, 15) is 9.18 Å². The van der Waals surface area contributed by atoms with Crippen molar-refractivity contribution in [1.82, 2.24) is 0 Å². The number of Topliss-reactive ketones (excluding diaryl/α,β-unsaturated/α-hetero) is 1. The highest BCUT2D eigenvalue weighted by Crippen LogP contribution is 2.18. The van der Waals surface area contributed by atoms with E-state index >= 15 is 0 Å². The standard InChI is InChI=1S/C12H8BrFOS/c13-9-3-4-10(14)8(6-9)7-11(15)12-2-1-5-16-12/h1-6H,7H2. The monoisotopic (exact) mass is 298 g/mol. The van der Waals surface area contributed by atoms with Gasteiger partial charge < -0.3 is 0 Å². The van der Waals surface area contributed by atoms with E-state index in [-0.39, 0.29) is 18.0 Å². The number of benzene rings is 1. The zero-order chi connectivity index (χ0) is 11.5. The maximum Gasteiger partial charge on any atom is 0.177 e. The van der Waals surface area contributed by atoms with E-state index in [1.54, 1.807) is 18.2 Å². The van der Waals surface area contributed by atoms with Crippen LogP contribution >= 0.6 is 27.3 Å². The maximum atomic E-state index is 13.4. The summed E-state index contributed by atoms with van der Waals surface area (Å²) < 4.78 is 14.2. The molecule has 2 aromatic rings. The smallest absolute Gasteiger partial charge is 0.177 e. The van der Waals surface area contributed by atoms with Crippen molar-refractivity contribution in [2.75, 3.05) is 0 Å². The number of hydrogen-bond donors (Lipinski definition) is 0. The molecule has 0 unspecified atom stereocenters. The Morgan fingerprint density at radius 2 is 2.19 bits per heavy atom. The van der Waals surface area contributed by atoms with Crippen LogP contribution in [0.4, 0.5) is 4.39 Å². The zero-order valence-corrected chi connectivity index (χ0v) is 10.6. The van der Waals surface area contributed by atoms with Gasteiger partial charge in [-0.25, -0.2) is 4.39 Å². The number of ketones is 1. The van der Waals surface area contributed by atoms with Crippen LogP contribution in [-0.4, -0.2) is 5.78 Å². The lowest BCUT2D eigenvalue weighted by Gasteiger charge is -2.02. The Hall–Kier alpha value is -1.00. The first-order chi connectivity index (χ1) is 7.66. The Balaban J connectivity index is 2.21. The minimum atomic E-state index is -0.340. The highest BCUT2D eigenvalue weighted by Gasteiger charge is 2.11. The van der Waals surface area contributed by atoms with Gasteiger partial charge in [0, 0.05) is 10.9 Å². The molecule has 0 N–H and O–H groups in total. The third-order valence-electron chi connectivity index (χ3n) is 2.15. The summed E-state index contributed by atoms with van der Waals surface area (Å²) in [6.45, 7) is 0. The molecule has 1 heterocycles. The van der Waals surface area contributed by atoms with Gasteiger partial charge in [0.25, 0.3) is 0 Å². The van der Waals surface area contributed by atoms with Crippen LogP contribution in [0.25, 0.3) is 0 Å². The fraction of sp³-hybridized carbons (Fsp3) is 0.0833. The second-order valence-corrected chi connectivity index (χ2v) is 5.18. The van der Waals surface area contributed by atoms with Crippen molar-refractivity contribution in [2.24, 2.45) is 0 Å². The van der Waals surface area contributed by atoms with E-state index in [4.69, 9.17) is 0 Å². The highest BCUT2D eigenvalue weighted by molar-refractivity contribution is 9.10. The van der Waals surface area contributed by atoms with Crippen molar-refractivity contribution < 1.29 is 9.18 Å². The van der Waals surface area contributed by atoms with E-state index in [0.717, 1.165) is 4.47 Å². The molecule has 0 bridgehead atoms. The van der Waals surface area contributed by atoms with Gasteiger partial charge in [-0.2, -0.15) is 0 Å². The fourth-order valence-corrected chi connectivity index (χ4v) is 2.45. The minimum absolute atomic E-state index is 0.0491. The van der Waals surface area contributed by atoms with E-state index in [2.05, 4.69) is 15.9 Å². The Labute approximate surface area is 105 Å². The normalized spacial score (nSPS) is 10.4. The molecule has 0 aliphatic rings. The Morgan fingerprint density at radius 3 is 2.88 bits per heavy atom. The van der Waals surface area contributed by atoms with E-state index < -0.39 is 0 Å². The summed E-state index contributed by atoms with van der Waals surface area (Å²) >= 11 is 4.64. The molecule has 0 radical (unpaired) electrons. The molecule has 82 valence electrons. The SMILES string of the molecule is O=C(Cc1cc(Br)ccc1F)c1cccs1. The lowest BCUT2D eigenvalue weighted by Crippen LogP contribution is -2.03. The molecule has 0 aliphatic carbocycles. The number of hydrogen-bond acceptors (Lipinski definition) is 2. The Kier molecular flexibility index (Phi) is 3.51. The highest BCUT2D eigenvalue weighted by atomic mass is 79.9. The van der Waals surface area contributed by atoms with Gasteiger partial charge in [0.15, 0.2) is 5.78 Å². The van der Waals surface area contributed by atoms with Gasteiger partial charge in [-0.3, -0.25) is 4.79 Å². The lowest BCUT2D eigenvalue weighted by molar-refractivity contribution is 0.0995. The molecular formula is C12H8BrFOS. The van der Waals surface area contributed by atoms with Gasteiger partial charge in [0.05, 0.1) is 4.88 Å². The molecule has 1 aromatic heterocycles. The first-order valence-corrected chi connectivity index (χ1v) is 6.35. The molecule has 1 nitrogen and oxygen atoms in total. The number of thiophene rings is 1. The third kappa shape index (κ3) is 2.57. The average molecular weight is 299 g/mol. The number of halogens is 2. The van der Waals surface area contributed by atoms with E-state index in [1.165, 1.54) is 17.4 Å². The topological polar surface area (TPSA) is 17.1 Å². The molecule has 0 amide bonds. The summed E-state index contributed by atoms with van der Waals surface area (Å²) in [5, 5.41) is 1.84. The van der Waals surface area contributed by atoms with Gasteiger partial charge in [-0.15, -0.1) is 11.3 Å². The third-order valence-corrected chi connectivity index (χ3v) is 3.56. The van der Waals surface area contributed by atoms with Crippen LogP contribution in [0.15, 0.2) is 40.2 Å². The quantitative estimate of drug-likeness (QED) is 0.781. The molecule has 0 aliphatic heterocycles. The summed E-state index contributed by atoms with van der Waals surface area (Å²) in [6.07, 6.45) is 0.103. The summed E-state index contributed by atoms with van der Waals surface area (Å²) in [4.78, 5) is 12.4. The van der Waals surface area contributed by atoms with Crippen molar-refractivity contribution in [1.29, 1.82) is 0 Å². The van der Waals surface area contributed by atoms with Gasteiger partial charge in [-0.05, 0) is 35.2 Å². The van der Waals surface area contributed by atoms with Gasteiger partial charge in [0.1, 0.15) is 5.82 Å². The predicted octanol–water partition coefficient (Wildman–Crippen LogP) is 4.08. The van der Waals surface area contributed by atoms with Crippen molar-refractivity contribution >= 4 is 33.0 Å². The molecule has 0 atom stereocenters. The number of carbonyl (C=O) groups is 1.